The Labute approximate surface area is 114 Å². The second kappa shape index (κ2) is 4.89. The van der Waals surface area contributed by atoms with Crippen molar-refractivity contribution in [3.05, 3.63) is 41.0 Å². The Bertz CT molecular complexity index is 672. The third-order valence-corrected chi connectivity index (χ3v) is 3.66. The first-order chi connectivity index (χ1) is 9.20. The molecule has 1 aromatic carbocycles. The van der Waals surface area contributed by atoms with E-state index in [1.165, 1.54) is 16.9 Å². The number of nitrogen functional groups attached to an aromatic ring is 1. The van der Waals surface area contributed by atoms with E-state index in [0.29, 0.717) is 12.4 Å². The summed E-state index contributed by atoms with van der Waals surface area (Å²) in [5, 5.41) is 5.39. The highest BCUT2D eigenvalue weighted by molar-refractivity contribution is 7.16. The van der Waals surface area contributed by atoms with E-state index in [9.17, 15) is 0 Å². The van der Waals surface area contributed by atoms with Gasteiger partial charge in [0.25, 0.3) is 0 Å². The zero-order valence-electron chi connectivity index (χ0n) is 10.5. The van der Waals surface area contributed by atoms with Crippen LogP contribution in [0, 0.1) is 6.92 Å². The molecule has 2 N–H and O–H groups in total. The van der Waals surface area contributed by atoms with Crippen LogP contribution in [0.15, 0.2) is 30.5 Å². The Morgan fingerprint density at radius 3 is 3.11 bits per heavy atom. The highest BCUT2D eigenvalue weighted by Gasteiger charge is 2.06. The molecule has 0 aliphatic heterocycles. The van der Waals surface area contributed by atoms with Gasteiger partial charge in [-0.15, -0.1) is 0 Å². The molecular weight excluding hydrogens is 260 g/mol. The van der Waals surface area contributed by atoms with E-state index >= 15 is 0 Å². The number of hydrogen-bond donors (Lipinski definition) is 1. The number of hydrogen-bond acceptors (Lipinski definition) is 5. The molecule has 5 nitrogen and oxygen atoms in total. The maximum absolute atomic E-state index is 5.70. The number of aromatic nitrogens is 3. The Kier molecular flexibility index (Phi) is 3.08. The normalized spacial score (nSPS) is 11.0. The molecule has 19 heavy (non-hydrogen) atoms. The van der Waals surface area contributed by atoms with Crippen molar-refractivity contribution < 1.29 is 4.74 Å². The zero-order valence-corrected chi connectivity index (χ0v) is 11.4. The molecule has 0 bridgehead atoms. The van der Waals surface area contributed by atoms with Gasteiger partial charge in [-0.25, -0.2) is 9.50 Å². The highest BCUT2D eigenvalue weighted by Crippen LogP contribution is 2.17. The van der Waals surface area contributed by atoms with Gasteiger partial charge in [0.1, 0.15) is 16.6 Å². The summed E-state index contributed by atoms with van der Waals surface area (Å²) < 4.78 is 7.41. The van der Waals surface area contributed by atoms with Crippen molar-refractivity contribution in [3.8, 4) is 5.75 Å². The molecule has 98 valence electrons. The monoisotopic (exact) mass is 274 g/mol. The van der Waals surface area contributed by atoms with Crippen LogP contribution in [0.1, 0.15) is 10.6 Å². The van der Waals surface area contributed by atoms with E-state index in [4.69, 9.17) is 10.5 Å². The predicted octanol–water partition coefficient (Wildman–Crippen LogP) is 2.30. The lowest BCUT2D eigenvalue weighted by Gasteiger charge is -2.04. The van der Waals surface area contributed by atoms with Crippen molar-refractivity contribution in [2.45, 2.75) is 13.3 Å². The molecule has 3 rings (SSSR count). The molecule has 3 aromatic rings. The van der Waals surface area contributed by atoms with E-state index in [-0.39, 0.29) is 0 Å². The van der Waals surface area contributed by atoms with Gasteiger partial charge in [0.05, 0.1) is 12.8 Å². The fourth-order valence-corrected chi connectivity index (χ4v) is 2.68. The SMILES string of the molecule is Cc1cccc(OCCc2nn3cc(N)nc3s2)c1. The van der Waals surface area contributed by atoms with Gasteiger partial charge in [-0.3, -0.25) is 0 Å². The Balaban J connectivity index is 1.61. The molecule has 2 aromatic heterocycles. The molecule has 6 heteroatoms. The van der Waals surface area contributed by atoms with Crippen LogP contribution >= 0.6 is 11.3 Å². The fraction of sp³-hybridized carbons (Fsp3) is 0.231. The summed E-state index contributed by atoms with van der Waals surface area (Å²) in [6.45, 7) is 2.66. The number of aryl methyl sites for hydroxylation is 1. The maximum Gasteiger partial charge on any atom is 0.214 e. The molecule has 0 saturated heterocycles. The third kappa shape index (κ3) is 2.68. The smallest absolute Gasteiger partial charge is 0.214 e. The highest BCUT2D eigenvalue weighted by atomic mass is 32.1. The summed E-state index contributed by atoms with van der Waals surface area (Å²) >= 11 is 1.54. The van der Waals surface area contributed by atoms with Crippen molar-refractivity contribution in [2.75, 3.05) is 12.3 Å². The summed E-state index contributed by atoms with van der Waals surface area (Å²) in [7, 11) is 0. The number of nitrogens with zero attached hydrogens (tertiary/aromatic N) is 3. The summed E-state index contributed by atoms with van der Waals surface area (Å²) in [6.07, 6.45) is 2.48. The molecular formula is C13H14N4OS. The first-order valence-electron chi connectivity index (χ1n) is 6.01. The van der Waals surface area contributed by atoms with Crippen molar-refractivity contribution in [1.29, 1.82) is 0 Å². The van der Waals surface area contributed by atoms with Crippen molar-refractivity contribution in [3.63, 3.8) is 0 Å². The molecule has 0 saturated carbocycles. The second-order valence-corrected chi connectivity index (χ2v) is 5.34. The van der Waals surface area contributed by atoms with Gasteiger partial charge in [0, 0.05) is 6.42 Å². The summed E-state index contributed by atoms with van der Waals surface area (Å²) in [4.78, 5) is 4.99. The largest absolute Gasteiger partial charge is 0.493 e. The maximum atomic E-state index is 5.70. The second-order valence-electron chi connectivity index (χ2n) is 4.30. The van der Waals surface area contributed by atoms with Crippen LogP contribution in [0.5, 0.6) is 5.75 Å². The predicted molar refractivity (Wildman–Crippen MR) is 75.7 cm³/mol. The van der Waals surface area contributed by atoms with Crippen LogP contribution in [0.4, 0.5) is 5.82 Å². The number of rotatable bonds is 4. The van der Waals surface area contributed by atoms with Crippen LogP contribution in [0.25, 0.3) is 4.96 Å². The molecule has 0 atom stereocenters. The zero-order chi connectivity index (χ0) is 13.2. The average molecular weight is 274 g/mol. The minimum absolute atomic E-state index is 0.501. The van der Waals surface area contributed by atoms with Gasteiger partial charge in [0.2, 0.25) is 4.96 Å². The van der Waals surface area contributed by atoms with E-state index in [1.54, 1.807) is 10.7 Å². The van der Waals surface area contributed by atoms with Crippen LogP contribution in [-0.2, 0) is 6.42 Å². The molecule has 0 amide bonds. The number of imidazole rings is 1. The molecule has 0 radical (unpaired) electrons. The molecule has 0 spiro atoms. The summed E-state index contributed by atoms with van der Waals surface area (Å²) in [6, 6.07) is 8.02. The van der Waals surface area contributed by atoms with Gasteiger partial charge >= 0.3 is 0 Å². The van der Waals surface area contributed by atoms with E-state index < -0.39 is 0 Å². The quantitative estimate of drug-likeness (QED) is 0.793. The fourth-order valence-electron chi connectivity index (χ4n) is 1.82. The number of anilines is 1. The lowest BCUT2D eigenvalue weighted by Crippen LogP contribution is -2.01. The molecule has 2 heterocycles. The summed E-state index contributed by atoms with van der Waals surface area (Å²) in [5.41, 5.74) is 6.78. The average Bonchev–Trinajstić information content (AvgIpc) is 2.86. The van der Waals surface area contributed by atoms with Crippen LogP contribution in [0.3, 0.4) is 0 Å². The first kappa shape index (κ1) is 12.0. The van der Waals surface area contributed by atoms with Gasteiger partial charge in [-0.2, -0.15) is 5.10 Å². The van der Waals surface area contributed by atoms with Crippen molar-refractivity contribution >= 4 is 22.1 Å². The Morgan fingerprint density at radius 2 is 2.32 bits per heavy atom. The van der Waals surface area contributed by atoms with Gasteiger partial charge in [-0.05, 0) is 24.6 Å². The first-order valence-corrected chi connectivity index (χ1v) is 6.82. The minimum Gasteiger partial charge on any atom is -0.493 e. The van der Waals surface area contributed by atoms with Crippen molar-refractivity contribution in [1.82, 2.24) is 14.6 Å². The molecule has 0 aliphatic rings. The van der Waals surface area contributed by atoms with Gasteiger partial charge < -0.3 is 10.5 Å². The lowest BCUT2D eigenvalue weighted by molar-refractivity contribution is 0.321. The molecule has 0 aliphatic carbocycles. The van der Waals surface area contributed by atoms with Gasteiger partial charge in [0.15, 0.2) is 0 Å². The minimum atomic E-state index is 0.501. The van der Waals surface area contributed by atoms with E-state index in [1.807, 2.05) is 31.2 Å². The standard InChI is InChI=1S/C13H14N4OS/c1-9-3-2-4-10(7-9)18-6-5-12-16-17-8-11(14)15-13(17)19-12/h2-4,7-8H,5-6,14H2,1H3. The Hall–Kier alpha value is -2.08. The molecule has 0 fully saturated rings. The number of fused-ring (bicyclic) bond motifs is 1. The number of nitrogens with two attached hydrogens (primary N) is 1. The lowest BCUT2D eigenvalue weighted by atomic mass is 10.2. The van der Waals surface area contributed by atoms with E-state index in [0.717, 1.165) is 22.1 Å². The van der Waals surface area contributed by atoms with Crippen LogP contribution < -0.4 is 10.5 Å². The van der Waals surface area contributed by atoms with E-state index in [2.05, 4.69) is 10.1 Å². The number of ether oxygens (including phenoxy) is 1. The number of benzene rings is 1. The Morgan fingerprint density at radius 1 is 1.42 bits per heavy atom. The topological polar surface area (TPSA) is 65.4 Å². The van der Waals surface area contributed by atoms with Gasteiger partial charge in [-0.1, -0.05) is 23.5 Å². The summed E-state index contributed by atoms with van der Waals surface area (Å²) in [5.74, 6) is 1.40. The van der Waals surface area contributed by atoms with Crippen LogP contribution in [0.2, 0.25) is 0 Å². The third-order valence-electron chi connectivity index (χ3n) is 2.68. The van der Waals surface area contributed by atoms with Crippen molar-refractivity contribution in [2.24, 2.45) is 0 Å². The van der Waals surface area contributed by atoms with Crippen LogP contribution in [-0.4, -0.2) is 21.2 Å². The molecule has 0 unspecified atom stereocenters.